The summed E-state index contributed by atoms with van der Waals surface area (Å²) in [5, 5.41) is 0. The number of hydrogen-bond donors (Lipinski definition) is 0. The SMILES string of the molecule is C#CCOc1ccc(C2=CCCC(=O)N2C)c(Br)c1. The molecule has 1 aliphatic heterocycles. The van der Waals surface area contributed by atoms with Crippen LogP contribution in [-0.2, 0) is 4.79 Å². The molecule has 1 heterocycles. The second kappa shape index (κ2) is 5.94. The Hall–Kier alpha value is -1.73. The third-order valence-electron chi connectivity index (χ3n) is 2.97. The zero-order valence-electron chi connectivity index (χ0n) is 10.6. The molecule has 1 amide bonds. The van der Waals surface area contributed by atoms with Gasteiger partial charge in [-0.15, -0.1) is 6.42 Å². The summed E-state index contributed by atoms with van der Waals surface area (Å²) in [6.45, 7) is 0.243. The van der Waals surface area contributed by atoms with Gasteiger partial charge in [-0.2, -0.15) is 0 Å². The van der Waals surface area contributed by atoms with E-state index in [9.17, 15) is 4.79 Å². The van der Waals surface area contributed by atoms with Crippen molar-refractivity contribution in [2.75, 3.05) is 13.7 Å². The fraction of sp³-hybridized carbons (Fsp3) is 0.267. The highest BCUT2D eigenvalue weighted by Crippen LogP contribution is 2.32. The van der Waals surface area contributed by atoms with E-state index in [1.54, 1.807) is 11.9 Å². The van der Waals surface area contributed by atoms with Crippen molar-refractivity contribution in [2.24, 2.45) is 0 Å². The molecule has 0 radical (unpaired) electrons. The molecule has 1 aromatic carbocycles. The first kappa shape index (κ1) is 13.7. The Balaban J connectivity index is 2.29. The van der Waals surface area contributed by atoms with Crippen LogP contribution in [0.15, 0.2) is 28.7 Å². The predicted octanol–water partition coefficient (Wildman–Crippen LogP) is 3.05. The van der Waals surface area contributed by atoms with Crippen LogP contribution in [0, 0.1) is 12.3 Å². The van der Waals surface area contributed by atoms with Crippen molar-refractivity contribution >= 4 is 27.5 Å². The van der Waals surface area contributed by atoms with Crippen LogP contribution in [0.4, 0.5) is 0 Å². The van der Waals surface area contributed by atoms with Gasteiger partial charge in [0.05, 0.1) is 0 Å². The van der Waals surface area contributed by atoms with E-state index in [-0.39, 0.29) is 12.5 Å². The average molecular weight is 320 g/mol. The highest BCUT2D eigenvalue weighted by Gasteiger charge is 2.20. The fourth-order valence-electron chi connectivity index (χ4n) is 1.98. The molecule has 0 spiro atoms. The molecule has 0 bridgehead atoms. The number of halogens is 1. The van der Waals surface area contributed by atoms with Crippen molar-refractivity contribution in [3.63, 3.8) is 0 Å². The van der Waals surface area contributed by atoms with Crippen LogP contribution < -0.4 is 4.74 Å². The van der Waals surface area contributed by atoms with E-state index >= 15 is 0 Å². The average Bonchev–Trinajstić information content (AvgIpc) is 2.40. The lowest BCUT2D eigenvalue weighted by Gasteiger charge is -2.25. The van der Waals surface area contributed by atoms with Gasteiger partial charge in [0.25, 0.3) is 0 Å². The number of carbonyl (C=O) groups is 1. The molecule has 0 aromatic heterocycles. The lowest BCUT2D eigenvalue weighted by Crippen LogP contribution is -2.27. The molecule has 4 heteroatoms. The maximum atomic E-state index is 11.7. The van der Waals surface area contributed by atoms with Crippen molar-refractivity contribution in [2.45, 2.75) is 12.8 Å². The number of amides is 1. The Morgan fingerprint density at radius 1 is 1.53 bits per heavy atom. The highest BCUT2D eigenvalue weighted by molar-refractivity contribution is 9.10. The monoisotopic (exact) mass is 319 g/mol. The van der Waals surface area contributed by atoms with E-state index in [4.69, 9.17) is 11.2 Å². The molecule has 2 rings (SSSR count). The van der Waals surface area contributed by atoms with Crippen LogP contribution in [0.3, 0.4) is 0 Å². The molecular formula is C15H14BrNO2. The first-order valence-corrected chi connectivity index (χ1v) is 6.75. The summed E-state index contributed by atoms with van der Waals surface area (Å²) in [4.78, 5) is 13.4. The van der Waals surface area contributed by atoms with Crippen LogP contribution >= 0.6 is 15.9 Å². The summed E-state index contributed by atoms with van der Waals surface area (Å²) in [5.41, 5.74) is 1.90. The summed E-state index contributed by atoms with van der Waals surface area (Å²) in [6.07, 6.45) is 8.58. The maximum absolute atomic E-state index is 11.7. The van der Waals surface area contributed by atoms with Crippen molar-refractivity contribution < 1.29 is 9.53 Å². The summed E-state index contributed by atoms with van der Waals surface area (Å²) in [5.74, 6) is 3.27. The van der Waals surface area contributed by atoms with Crippen LogP contribution in [0.2, 0.25) is 0 Å². The summed E-state index contributed by atoms with van der Waals surface area (Å²) in [7, 11) is 1.79. The molecule has 0 N–H and O–H groups in total. The van der Waals surface area contributed by atoms with E-state index < -0.39 is 0 Å². The Bertz CT molecular complexity index is 572. The van der Waals surface area contributed by atoms with E-state index in [1.165, 1.54) is 0 Å². The Kier molecular flexibility index (Phi) is 4.28. The van der Waals surface area contributed by atoms with E-state index in [2.05, 4.69) is 27.9 Å². The molecule has 0 saturated carbocycles. The Morgan fingerprint density at radius 2 is 2.32 bits per heavy atom. The number of carbonyl (C=O) groups excluding carboxylic acids is 1. The van der Waals surface area contributed by atoms with E-state index in [0.29, 0.717) is 12.2 Å². The van der Waals surface area contributed by atoms with Gasteiger partial charge in [0.1, 0.15) is 12.4 Å². The summed E-state index contributed by atoms with van der Waals surface area (Å²) >= 11 is 3.51. The summed E-state index contributed by atoms with van der Waals surface area (Å²) in [6, 6.07) is 5.64. The van der Waals surface area contributed by atoms with Gasteiger partial charge >= 0.3 is 0 Å². The molecule has 0 aliphatic carbocycles. The number of benzene rings is 1. The third kappa shape index (κ3) is 2.99. The van der Waals surface area contributed by atoms with Crippen LogP contribution in [0.25, 0.3) is 5.70 Å². The second-order valence-corrected chi connectivity index (χ2v) is 5.07. The largest absolute Gasteiger partial charge is 0.481 e. The quantitative estimate of drug-likeness (QED) is 0.801. The smallest absolute Gasteiger partial charge is 0.227 e. The first-order valence-electron chi connectivity index (χ1n) is 5.96. The van der Waals surface area contributed by atoms with E-state index in [1.807, 2.05) is 18.2 Å². The topological polar surface area (TPSA) is 29.5 Å². The minimum Gasteiger partial charge on any atom is -0.481 e. The lowest BCUT2D eigenvalue weighted by atomic mass is 10.0. The number of ether oxygens (including phenoxy) is 1. The maximum Gasteiger partial charge on any atom is 0.227 e. The third-order valence-corrected chi connectivity index (χ3v) is 3.63. The molecule has 0 atom stereocenters. The van der Waals surface area contributed by atoms with Gasteiger partial charge in [-0.05, 0) is 40.5 Å². The van der Waals surface area contributed by atoms with Crippen molar-refractivity contribution in [1.29, 1.82) is 0 Å². The zero-order valence-corrected chi connectivity index (χ0v) is 12.2. The standard InChI is InChI=1S/C15H14BrNO2/c1-3-9-19-11-7-8-12(13(16)10-11)14-5-4-6-15(18)17(14)2/h1,5,7-8,10H,4,6,9H2,2H3. The number of terminal acetylenes is 1. The molecule has 0 saturated heterocycles. The minimum atomic E-state index is 0.136. The number of nitrogens with zero attached hydrogens (tertiary/aromatic N) is 1. The second-order valence-electron chi connectivity index (χ2n) is 4.22. The van der Waals surface area contributed by atoms with Gasteiger partial charge < -0.3 is 9.64 Å². The van der Waals surface area contributed by atoms with Gasteiger partial charge in [0, 0.05) is 29.2 Å². The molecule has 1 aromatic rings. The molecule has 19 heavy (non-hydrogen) atoms. The lowest BCUT2D eigenvalue weighted by molar-refractivity contribution is -0.127. The van der Waals surface area contributed by atoms with Gasteiger partial charge in [-0.1, -0.05) is 12.0 Å². The molecule has 1 aliphatic rings. The molecule has 3 nitrogen and oxygen atoms in total. The first-order chi connectivity index (χ1) is 9.13. The van der Waals surface area contributed by atoms with Crippen LogP contribution in [0.5, 0.6) is 5.75 Å². The van der Waals surface area contributed by atoms with Crippen molar-refractivity contribution in [3.8, 4) is 18.1 Å². The minimum absolute atomic E-state index is 0.136. The number of hydrogen-bond acceptors (Lipinski definition) is 2. The number of allylic oxidation sites excluding steroid dienone is 1. The van der Waals surface area contributed by atoms with Gasteiger partial charge in [0.2, 0.25) is 5.91 Å². The van der Waals surface area contributed by atoms with Gasteiger partial charge in [0.15, 0.2) is 0 Å². The van der Waals surface area contributed by atoms with Crippen LogP contribution in [0.1, 0.15) is 18.4 Å². The van der Waals surface area contributed by atoms with Gasteiger partial charge in [-0.3, -0.25) is 4.79 Å². The molecule has 98 valence electrons. The van der Waals surface area contributed by atoms with Crippen LogP contribution in [-0.4, -0.2) is 24.5 Å². The Morgan fingerprint density at radius 3 is 3.00 bits per heavy atom. The molecule has 0 unspecified atom stereocenters. The zero-order chi connectivity index (χ0) is 13.8. The van der Waals surface area contributed by atoms with Gasteiger partial charge in [-0.25, -0.2) is 0 Å². The fourth-order valence-corrected chi connectivity index (χ4v) is 2.54. The molecular weight excluding hydrogens is 306 g/mol. The predicted molar refractivity (Wildman–Crippen MR) is 78.5 cm³/mol. The summed E-state index contributed by atoms with van der Waals surface area (Å²) < 4.78 is 6.24. The van der Waals surface area contributed by atoms with Crippen molar-refractivity contribution in [1.82, 2.24) is 4.90 Å². The molecule has 0 fully saturated rings. The van der Waals surface area contributed by atoms with E-state index in [0.717, 1.165) is 22.2 Å². The number of rotatable bonds is 3. The van der Waals surface area contributed by atoms with Crippen molar-refractivity contribution in [3.05, 3.63) is 34.3 Å². The Labute approximate surface area is 121 Å². The normalized spacial score (nSPS) is 14.9. The highest BCUT2D eigenvalue weighted by atomic mass is 79.9.